The third-order valence-electron chi connectivity index (χ3n) is 3.73. The molecule has 1 aromatic rings. The van der Waals surface area contributed by atoms with E-state index in [9.17, 15) is 4.39 Å². The van der Waals surface area contributed by atoms with E-state index < -0.39 is 0 Å². The molecule has 1 N–H and O–H groups in total. The highest BCUT2D eigenvalue weighted by atomic mass is 35.5. The van der Waals surface area contributed by atoms with E-state index in [2.05, 4.69) is 5.32 Å². The molecule has 0 heterocycles. The van der Waals surface area contributed by atoms with Crippen LogP contribution in [-0.4, -0.2) is 11.4 Å². The van der Waals surface area contributed by atoms with Crippen LogP contribution in [0.2, 0.25) is 5.02 Å². The second-order valence-electron chi connectivity index (χ2n) is 5.06. The highest BCUT2D eigenvalue weighted by Crippen LogP contribution is 2.30. The highest BCUT2D eigenvalue weighted by Gasteiger charge is 2.30. The summed E-state index contributed by atoms with van der Waals surface area (Å²) in [6.45, 7) is 0.573. The molecule has 18 heavy (non-hydrogen) atoms. The molecule has 1 nitrogen and oxygen atoms in total. The van der Waals surface area contributed by atoms with E-state index in [-0.39, 0.29) is 11.4 Å². The molecular weight excluding hydrogens is 272 g/mol. The van der Waals surface area contributed by atoms with Crippen molar-refractivity contribution in [1.82, 2.24) is 5.32 Å². The number of nitrogens with one attached hydrogen (secondary N) is 1. The van der Waals surface area contributed by atoms with Crippen LogP contribution in [0.15, 0.2) is 18.2 Å². The maximum absolute atomic E-state index is 13.2. The molecule has 0 atom stereocenters. The lowest BCUT2D eigenvalue weighted by Gasteiger charge is -2.36. The van der Waals surface area contributed by atoms with Crippen LogP contribution in [-0.2, 0) is 6.54 Å². The van der Waals surface area contributed by atoms with Crippen LogP contribution < -0.4 is 5.32 Å². The van der Waals surface area contributed by atoms with Crippen molar-refractivity contribution in [2.45, 2.75) is 44.2 Å². The Kier molecular flexibility index (Phi) is 4.88. The first-order valence-corrected chi connectivity index (χ1v) is 7.31. The number of alkyl halides is 1. The Balaban J connectivity index is 2.03. The van der Waals surface area contributed by atoms with E-state index in [4.69, 9.17) is 23.2 Å². The summed E-state index contributed by atoms with van der Waals surface area (Å²) in [4.78, 5) is 0. The molecule has 2 rings (SSSR count). The maximum atomic E-state index is 13.2. The van der Waals surface area contributed by atoms with Gasteiger partial charge in [0.15, 0.2) is 0 Å². The molecule has 0 unspecified atom stereocenters. The molecule has 1 saturated carbocycles. The monoisotopic (exact) mass is 289 g/mol. The summed E-state index contributed by atoms with van der Waals surface area (Å²) in [5.41, 5.74) is 0.793. The first-order valence-electron chi connectivity index (χ1n) is 6.40. The summed E-state index contributed by atoms with van der Waals surface area (Å²) in [6, 6.07) is 4.46. The van der Waals surface area contributed by atoms with Gasteiger partial charge in [0.1, 0.15) is 5.82 Å². The standard InChI is InChI=1S/C14H18Cl2FN/c15-10-14(6-2-1-3-7-14)18-9-11-8-12(17)4-5-13(11)16/h4-5,8,18H,1-3,6-7,9-10H2. The minimum absolute atomic E-state index is 0.00451. The molecule has 0 spiro atoms. The SMILES string of the molecule is Fc1ccc(Cl)c(CNC2(CCl)CCCCC2)c1. The molecule has 0 bridgehead atoms. The van der Waals surface area contributed by atoms with Gasteiger partial charge in [-0.25, -0.2) is 4.39 Å². The van der Waals surface area contributed by atoms with E-state index in [0.29, 0.717) is 17.4 Å². The summed E-state index contributed by atoms with van der Waals surface area (Å²) in [5.74, 6) is 0.347. The molecule has 0 radical (unpaired) electrons. The van der Waals surface area contributed by atoms with Crippen molar-refractivity contribution in [3.8, 4) is 0 Å². The van der Waals surface area contributed by atoms with Crippen LogP contribution in [0.4, 0.5) is 4.39 Å². The average Bonchev–Trinajstić information content (AvgIpc) is 2.41. The number of benzene rings is 1. The van der Waals surface area contributed by atoms with Crippen molar-refractivity contribution in [3.63, 3.8) is 0 Å². The van der Waals surface area contributed by atoms with Crippen LogP contribution in [0.3, 0.4) is 0 Å². The Morgan fingerprint density at radius 3 is 2.61 bits per heavy atom. The van der Waals surface area contributed by atoms with Crippen molar-refractivity contribution >= 4 is 23.2 Å². The Hall–Kier alpha value is -0.310. The summed E-state index contributed by atoms with van der Waals surface area (Å²) >= 11 is 12.2. The van der Waals surface area contributed by atoms with Gasteiger partial charge >= 0.3 is 0 Å². The Labute approximate surface area is 118 Å². The molecule has 1 fully saturated rings. The fourth-order valence-corrected chi connectivity index (χ4v) is 3.09. The van der Waals surface area contributed by atoms with Crippen LogP contribution in [0.1, 0.15) is 37.7 Å². The first-order chi connectivity index (χ1) is 8.65. The van der Waals surface area contributed by atoms with Gasteiger partial charge in [0.2, 0.25) is 0 Å². The van der Waals surface area contributed by atoms with Crippen molar-refractivity contribution in [2.24, 2.45) is 0 Å². The number of rotatable bonds is 4. The molecule has 100 valence electrons. The van der Waals surface area contributed by atoms with Gasteiger partial charge in [-0.15, -0.1) is 11.6 Å². The molecule has 1 aromatic carbocycles. The third-order valence-corrected chi connectivity index (χ3v) is 4.61. The first kappa shape index (κ1) is 14.1. The third kappa shape index (κ3) is 3.37. The smallest absolute Gasteiger partial charge is 0.123 e. The van der Waals surface area contributed by atoms with Crippen molar-refractivity contribution in [3.05, 3.63) is 34.6 Å². The van der Waals surface area contributed by atoms with Gasteiger partial charge in [-0.3, -0.25) is 0 Å². The molecule has 4 heteroatoms. The Bertz CT molecular complexity index is 403. The van der Waals surface area contributed by atoms with Crippen LogP contribution in [0.25, 0.3) is 0 Å². The lowest BCUT2D eigenvalue weighted by molar-refractivity contribution is 0.256. The molecule has 1 aliphatic carbocycles. The van der Waals surface area contributed by atoms with E-state index in [1.807, 2.05) is 0 Å². The van der Waals surface area contributed by atoms with E-state index in [1.165, 1.54) is 31.4 Å². The number of halogens is 3. The van der Waals surface area contributed by atoms with Crippen LogP contribution in [0, 0.1) is 5.82 Å². The minimum Gasteiger partial charge on any atom is -0.306 e. The lowest BCUT2D eigenvalue weighted by Crippen LogP contribution is -2.48. The van der Waals surface area contributed by atoms with Crippen molar-refractivity contribution < 1.29 is 4.39 Å². The normalized spacial score (nSPS) is 18.8. The van der Waals surface area contributed by atoms with Gasteiger partial charge in [0, 0.05) is 23.0 Å². The molecule has 0 aliphatic heterocycles. The van der Waals surface area contributed by atoms with Gasteiger partial charge in [-0.2, -0.15) is 0 Å². The van der Waals surface area contributed by atoms with Crippen LogP contribution in [0.5, 0.6) is 0 Å². The van der Waals surface area contributed by atoms with Crippen molar-refractivity contribution in [1.29, 1.82) is 0 Å². The van der Waals surface area contributed by atoms with Gasteiger partial charge in [-0.1, -0.05) is 30.9 Å². The quantitative estimate of drug-likeness (QED) is 0.804. The summed E-state index contributed by atoms with van der Waals surface area (Å²) < 4.78 is 13.2. The fourth-order valence-electron chi connectivity index (χ4n) is 2.55. The zero-order valence-corrected chi connectivity index (χ0v) is 11.8. The summed E-state index contributed by atoms with van der Waals surface area (Å²) in [7, 11) is 0. The Morgan fingerprint density at radius 2 is 1.94 bits per heavy atom. The number of hydrogen-bond donors (Lipinski definition) is 1. The minimum atomic E-state index is -0.250. The number of hydrogen-bond acceptors (Lipinski definition) is 1. The topological polar surface area (TPSA) is 12.0 Å². The molecule has 1 aliphatic rings. The molecular formula is C14H18Cl2FN. The molecule has 0 saturated heterocycles. The fraction of sp³-hybridized carbons (Fsp3) is 0.571. The summed E-state index contributed by atoms with van der Waals surface area (Å²) in [6.07, 6.45) is 5.86. The second-order valence-corrected chi connectivity index (χ2v) is 5.74. The predicted octanol–water partition coefficient (Wildman–Crippen LogP) is 4.51. The van der Waals surface area contributed by atoms with Gasteiger partial charge in [0.25, 0.3) is 0 Å². The second kappa shape index (κ2) is 6.23. The van der Waals surface area contributed by atoms with Gasteiger partial charge < -0.3 is 5.32 Å². The largest absolute Gasteiger partial charge is 0.306 e. The zero-order chi connectivity index (χ0) is 13.0. The average molecular weight is 290 g/mol. The van der Waals surface area contributed by atoms with E-state index >= 15 is 0 Å². The van der Waals surface area contributed by atoms with E-state index in [0.717, 1.165) is 18.4 Å². The molecule has 0 aromatic heterocycles. The highest BCUT2D eigenvalue weighted by molar-refractivity contribution is 6.31. The van der Waals surface area contributed by atoms with Gasteiger partial charge in [-0.05, 0) is 36.6 Å². The van der Waals surface area contributed by atoms with E-state index in [1.54, 1.807) is 6.07 Å². The lowest BCUT2D eigenvalue weighted by atomic mass is 9.83. The predicted molar refractivity (Wildman–Crippen MR) is 74.8 cm³/mol. The maximum Gasteiger partial charge on any atom is 0.123 e. The van der Waals surface area contributed by atoms with Crippen LogP contribution >= 0.6 is 23.2 Å². The van der Waals surface area contributed by atoms with Crippen molar-refractivity contribution in [2.75, 3.05) is 5.88 Å². The molecule has 0 amide bonds. The summed E-state index contributed by atoms with van der Waals surface area (Å²) in [5, 5.41) is 4.09. The Morgan fingerprint density at radius 1 is 1.22 bits per heavy atom. The zero-order valence-electron chi connectivity index (χ0n) is 10.3. The van der Waals surface area contributed by atoms with Gasteiger partial charge in [0.05, 0.1) is 0 Å².